The van der Waals surface area contributed by atoms with Crippen molar-refractivity contribution in [2.24, 2.45) is 11.7 Å². The molecule has 0 amide bonds. The molecule has 2 aliphatic rings. The Kier molecular flexibility index (Phi) is 2.68. The molecule has 0 spiro atoms. The van der Waals surface area contributed by atoms with Crippen molar-refractivity contribution in [2.75, 3.05) is 18.0 Å². The molecule has 3 rings (SSSR count). The summed E-state index contributed by atoms with van der Waals surface area (Å²) in [5, 5.41) is 0. The fourth-order valence-electron chi connectivity index (χ4n) is 3.22. The summed E-state index contributed by atoms with van der Waals surface area (Å²) in [6, 6.07) is 7.36. The van der Waals surface area contributed by atoms with Crippen LogP contribution in [0.15, 0.2) is 22.7 Å². The number of fused-ring (bicyclic) bond motifs is 3. The summed E-state index contributed by atoms with van der Waals surface area (Å²) in [6.45, 7) is 2.02. The van der Waals surface area contributed by atoms with Gasteiger partial charge < -0.3 is 10.6 Å². The van der Waals surface area contributed by atoms with Gasteiger partial charge in [0, 0.05) is 22.7 Å². The minimum atomic E-state index is 0.693. The minimum absolute atomic E-state index is 0.693. The van der Waals surface area contributed by atoms with E-state index in [0.717, 1.165) is 6.54 Å². The molecule has 2 aliphatic heterocycles. The van der Waals surface area contributed by atoms with E-state index in [1.807, 2.05) is 0 Å². The summed E-state index contributed by atoms with van der Waals surface area (Å²) >= 11 is 3.55. The van der Waals surface area contributed by atoms with Gasteiger partial charge >= 0.3 is 0 Å². The predicted octanol–water partition coefficient (Wildman–Crippen LogP) is 2.55. The lowest BCUT2D eigenvalue weighted by Gasteiger charge is -2.35. The molecule has 3 heteroatoms. The van der Waals surface area contributed by atoms with Crippen LogP contribution >= 0.6 is 15.9 Å². The molecular weight excluding hydrogens is 264 g/mol. The maximum atomic E-state index is 5.85. The third-order valence-electron chi connectivity index (χ3n) is 4.05. The Balaban J connectivity index is 1.96. The first kappa shape index (κ1) is 10.6. The summed E-state index contributed by atoms with van der Waals surface area (Å²) in [6.07, 6.45) is 3.73. The first-order valence-electron chi connectivity index (χ1n) is 6.04. The molecule has 2 atom stereocenters. The van der Waals surface area contributed by atoms with Crippen LogP contribution in [0.1, 0.15) is 18.4 Å². The van der Waals surface area contributed by atoms with Crippen molar-refractivity contribution < 1.29 is 0 Å². The zero-order valence-corrected chi connectivity index (χ0v) is 10.9. The predicted molar refractivity (Wildman–Crippen MR) is 70.8 cm³/mol. The maximum absolute atomic E-state index is 5.85. The Hall–Kier alpha value is -0.540. The molecule has 2 N–H and O–H groups in total. The molecule has 1 saturated heterocycles. The van der Waals surface area contributed by atoms with Crippen molar-refractivity contribution in [3.8, 4) is 0 Å². The molecule has 0 radical (unpaired) electrons. The van der Waals surface area contributed by atoms with Crippen molar-refractivity contribution in [2.45, 2.75) is 25.3 Å². The second kappa shape index (κ2) is 4.04. The molecule has 0 aliphatic carbocycles. The number of nitrogens with zero attached hydrogens (tertiary/aromatic N) is 1. The van der Waals surface area contributed by atoms with Gasteiger partial charge in [0.1, 0.15) is 0 Å². The molecule has 16 heavy (non-hydrogen) atoms. The van der Waals surface area contributed by atoms with Crippen LogP contribution in [0.5, 0.6) is 0 Å². The van der Waals surface area contributed by atoms with Crippen LogP contribution in [0.25, 0.3) is 0 Å². The minimum Gasteiger partial charge on any atom is -0.368 e. The molecule has 2 heterocycles. The van der Waals surface area contributed by atoms with E-state index >= 15 is 0 Å². The highest BCUT2D eigenvalue weighted by Crippen LogP contribution is 2.39. The number of hydrogen-bond donors (Lipinski definition) is 1. The number of benzene rings is 1. The van der Waals surface area contributed by atoms with Crippen molar-refractivity contribution in [1.29, 1.82) is 0 Å². The van der Waals surface area contributed by atoms with Crippen LogP contribution in [-0.2, 0) is 6.42 Å². The second-order valence-corrected chi connectivity index (χ2v) is 5.77. The van der Waals surface area contributed by atoms with E-state index in [2.05, 4.69) is 39.0 Å². The van der Waals surface area contributed by atoms with Gasteiger partial charge in [0.25, 0.3) is 0 Å². The monoisotopic (exact) mass is 280 g/mol. The molecule has 2 unspecified atom stereocenters. The van der Waals surface area contributed by atoms with E-state index in [-0.39, 0.29) is 0 Å². The van der Waals surface area contributed by atoms with Crippen LogP contribution in [0, 0.1) is 5.92 Å². The molecule has 1 fully saturated rings. The zero-order chi connectivity index (χ0) is 11.1. The van der Waals surface area contributed by atoms with E-state index < -0.39 is 0 Å². The SMILES string of the molecule is NCC1CCN2c3ccc(Br)cc3CCC12. The summed E-state index contributed by atoms with van der Waals surface area (Å²) in [4.78, 5) is 2.57. The van der Waals surface area contributed by atoms with Crippen LogP contribution in [0.3, 0.4) is 0 Å². The smallest absolute Gasteiger partial charge is 0.0402 e. The average molecular weight is 281 g/mol. The summed E-state index contributed by atoms with van der Waals surface area (Å²) in [7, 11) is 0. The van der Waals surface area contributed by atoms with Gasteiger partial charge in [0.05, 0.1) is 0 Å². The average Bonchev–Trinajstić information content (AvgIpc) is 2.71. The van der Waals surface area contributed by atoms with Gasteiger partial charge in [-0.1, -0.05) is 15.9 Å². The maximum Gasteiger partial charge on any atom is 0.0402 e. The van der Waals surface area contributed by atoms with Gasteiger partial charge in [-0.05, 0) is 55.5 Å². The van der Waals surface area contributed by atoms with Crippen LogP contribution < -0.4 is 10.6 Å². The number of anilines is 1. The Labute approximate surface area is 105 Å². The van der Waals surface area contributed by atoms with E-state index in [1.165, 1.54) is 41.5 Å². The highest BCUT2D eigenvalue weighted by Gasteiger charge is 2.36. The Morgan fingerprint density at radius 2 is 2.25 bits per heavy atom. The van der Waals surface area contributed by atoms with Crippen molar-refractivity contribution >= 4 is 21.6 Å². The van der Waals surface area contributed by atoms with Gasteiger partial charge in [-0.15, -0.1) is 0 Å². The van der Waals surface area contributed by atoms with Gasteiger partial charge in [-0.2, -0.15) is 0 Å². The first-order chi connectivity index (χ1) is 7.79. The number of hydrogen-bond acceptors (Lipinski definition) is 2. The van der Waals surface area contributed by atoms with E-state index in [0.29, 0.717) is 12.0 Å². The third kappa shape index (κ3) is 1.57. The molecule has 0 aromatic heterocycles. The standard InChI is InChI=1S/C13H17BrN2/c14-11-2-4-12-9(7-11)1-3-13-10(8-15)5-6-16(12)13/h2,4,7,10,13H,1,3,5-6,8,15H2. The highest BCUT2D eigenvalue weighted by molar-refractivity contribution is 9.10. The normalized spacial score (nSPS) is 27.8. The number of nitrogens with two attached hydrogens (primary N) is 1. The molecule has 1 aromatic carbocycles. The quantitative estimate of drug-likeness (QED) is 0.857. The van der Waals surface area contributed by atoms with Gasteiger partial charge in [-0.3, -0.25) is 0 Å². The van der Waals surface area contributed by atoms with Crippen LogP contribution in [-0.4, -0.2) is 19.1 Å². The lowest BCUT2D eigenvalue weighted by atomic mass is 9.90. The Bertz CT molecular complexity index is 405. The van der Waals surface area contributed by atoms with Crippen molar-refractivity contribution in [3.63, 3.8) is 0 Å². The number of aryl methyl sites for hydroxylation is 1. The highest BCUT2D eigenvalue weighted by atomic mass is 79.9. The largest absolute Gasteiger partial charge is 0.368 e. The van der Waals surface area contributed by atoms with Gasteiger partial charge in [0.2, 0.25) is 0 Å². The van der Waals surface area contributed by atoms with Crippen molar-refractivity contribution in [1.82, 2.24) is 0 Å². The molecule has 2 nitrogen and oxygen atoms in total. The van der Waals surface area contributed by atoms with E-state index in [4.69, 9.17) is 5.73 Å². The van der Waals surface area contributed by atoms with Crippen LogP contribution in [0.2, 0.25) is 0 Å². The Morgan fingerprint density at radius 3 is 3.06 bits per heavy atom. The lowest BCUT2D eigenvalue weighted by Crippen LogP contribution is -2.39. The summed E-state index contributed by atoms with van der Waals surface area (Å²) < 4.78 is 1.19. The molecule has 86 valence electrons. The summed E-state index contributed by atoms with van der Waals surface area (Å²) in [5.74, 6) is 0.705. The lowest BCUT2D eigenvalue weighted by molar-refractivity contribution is 0.446. The number of rotatable bonds is 1. The summed E-state index contributed by atoms with van der Waals surface area (Å²) in [5.41, 5.74) is 8.78. The van der Waals surface area contributed by atoms with Gasteiger partial charge in [-0.25, -0.2) is 0 Å². The fourth-order valence-corrected chi connectivity index (χ4v) is 3.63. The molecular formula is C13H17BrN2. The topological polar surface area (TPSA) is 29.3 Å². The fraction of sp³-hybridized carbons (Fsp3) is 0.538. The van der Waals surface area contributed by atoms with Crippen molar-refractivity contribution in [3.05, 3.63) is 28.2 Å². The first-order valence-corrected chi connectivity index (χ1v) is 6.84. The van der Waals surface area contributed by atoms with Crippen LogP contribution in [0.4, 0.5) is 5.69 Å². The van der Waals surface area contributed by atoms with E-state index in [9.17, 15) is 0 Å². The van der Waals surface area contributed by atoms with E-state index in [1.54, 1.807) is 0 Å². The molecule has 0 bridgehead atoms. The molecule has 0 saturated carbocycles. The third-order valence-corrected chi connectivity index (χ3v) is 4.54. The Morgan fingerprint density at radius 1 is 1.38 bits per heavy atom. The second-order valence-electron chi connectivity index (χ2n) is 4.86. The number of halogens is 1. The zero-order valence-electron chi connectivity index (χ0n) is 9.32. The van der Waals surface area contributed by atoms with Gasteiger partial charge in [0.15, 0.2) is 0 Å². The molecule has 1 aromatic rings.